The Labute approximate surface area is 161 Å². The first-order valence-corrected chi connectivity index (χ1v) is 9.07. The van der Waals surface area contributed by atoms with E-state index in [4.69, 9.17) is 5.26 Å². The molecule has 1 fully saturated rings. The number of hydrogen-bond donors (Lipinski definition) is 1. The van der Waals surface area contributed by atoms with Gasteiger partial charge in [-0.2, -0.15) is 22.7 Å². The molecular weight excluding hydrogens is 409 g/mol. The molecule has 1 saturated heterocycles. The van der Waals surface area contributed by atoms with E-state index in [1.807, 2.05) is 0 Å². The molecule has 0 atom stereocenters. The van der Waals surface area contributed by atoms with Crippen molar-refractivity contribution in [1.29, 1.82) is 5.26 Å². The van der Waals surface area contributed by atoms with E-state index in [0.29, 0.717) is 38.3 Å². The van der Waals surface area contributed by atoms with Crippen LogP contribution in [0.1, 0.15) is 11.1 Å². The van der Waals surface area contributed by atoms with Crippen molar-refractivity contribution in [2.45, 2.75) is 11.1 Å². The lowest BCUT2D eigenvalue weighted by Crippen LogP contribution is -2.49. The van der Waals surface area contributed by atoms with Gasteiger partial charge in [0.1, 0.15) is 0 Å². The van der Waals surface area contributed by atoms with Gasteiger partial charge in [-0.05, 0) is 18.2 Å². The standard InChI is InChI=1S/C15H17F3N4O3S.ClH/c1-21(10-14(23)22-6-4-20-5-7-22)26(24,25)12-2-3-13(15(16,17)18)11(8-12)9-19;/h2-3,8,20H,4-7,10H2,1H3;1H. The molecular formula is C15H18ClF3N4O3S. The molecule has 150 valence electrons. The number of nitrogens with one attached hydrogen (secondary N) is 1. The first kappa shape index (κ1) is 23.2. The molecule has 1 aliphatic rings. The Bertz CT molecular complexity index is 834. The Morgan fingerprint density at radius 1 is 1.33 bits per heavy atom. The summed E-state index contributed by atoms with van der Waals surface area (Å²) in [5, 5.41) is 12.0. The van der Waals surface area contributed by atoms with Gasteiger partial charge >= 0.3 is 6.18 Å². The number of piperazine rings is 1. The number of carbonyl (C=O) groups excluding carboxylic acids is 1. The Morgan fingerprint density at radius 3 is 2.44 bits per heavy atom. The molecule has 0 aliphatic carbocycles. The lowest BCUT2D eigenvalue weighted by molar-refractivity contribution is -0.137. The summed E-state index contributed by atoms with van der Waals surface area (Å²) in [5.41, 5.74) is -2.00. The Hall–Kier alpha value is -1.87. The van der Waals surface area contributed by atoms with Crippen LogP contribution in [0.25, 0.3) is 0 Å². The van der Waals surface area contributed by atoms with Gasteiger partial charge in [0.15, 0.2) is 0 Å². The number of hydrogen-bond acceptors (Lipinski definition) is 5. The molecule has 0 aromatic heterocycles. The second-order valence-electron chi connectivity index (χ2n) is 5.71. The van der Waals surface area contributed by atoms with Crippen molar-refractivity contribution in [3.63, 3.8) is 0 Å². The van der Waals surface area contributed by atoms with Crippen molar-refractivity contribution in [1.82, 2.24) is 14.5 Å². The molecule has 0 saturated carbocycles. The van der Waals surface area contributed by atoms with Crippen LogP contribution in [-0.2, 0) is 21.0 Å². The highest BCUT2D eigenvalue weighted by Gasteiger charge is 2.35. The van der Waals surface area contributed by atoms with Crippen molar-refractivity contribution in [2.24, 2.45) is 0 Å². The maximum atomic E-state index is 12.8. The summed E-state index contributed by atoms with van der Waals surface area (Å²) in [7, 11) is -3.05. The second kappa shape index (κ2) is 8.88. The fraction of sp³-hybridized carbons (Fsp3) is 0.467. The molecule has 1 heterocycles. The molecule has 7 nitrogen and oxygen atoms in total. The number of benzene rings is 1. The summed E-state index contributed by atoms with van der Waals surface area (Å²) in [4.78, 5) is 13.2. The van der Waals surface area contributed by atoms with E-state index in [1.165, 1.54) is 18.0 Å². The SMILES string of the molecule is CN(CC(=O)N1CCNCC1)S(=O)(=O)c1ccc(C(F)(F)F)c(C#N)c1.Cl. The quantitative estimate of drug-likeness (QED) is 0.776. The molecule has 1 N–H and O–H groups in total. The number of carbonyl (C=O) groups is 1. The molecule has 12 heteroatoms. The summed E-state index contributed by atoms with van der Waals surface area (Å²) in [6, 6.07) is 3.37. The van der Waals surface area contributed by atoms with E-state index in [-0.39, 0.29) is 12.4 Å². The zero-order valence-corrected chi connectivity index (χ0v) is 15.9. The summed E-state index contributed by atoms with van der Waals surface area (Å²) in [6.45, 7) is 1.67. The van der Waals surface area contributed by atoms with E-state index in [0.717, 1.165) is 10.4 Å². The van der Waals surface area contributed by atoms with Gasteiger partial charge in [-0.3, -0.25) is 4.79 Å². The molecule has 2 rings (SSSR count). The van der Waals surface area contributed by atoms with Crippen LogP contribution in [0, 0.1) is 11.3 Å². The van der Waals surface area contributed by atoms with E-state index in [2.05, 4.69) is 5.32 Å². The van der Waals surface area contributed by atoms with Crippen LogP contribution in [0.2, 0.25) is 0 Å². The molecule has 0 bridgehead atoms. The van der Waals surface area contributed by atoms with E-state index in [1.54, 1.807) is 0 Å². The Kier molecular flexibility index (Phi) is 7.62. The van der Waals surface area contributed by atoms with Crippen LogP contribution < -0.4 is 5.32 Å². The number of sulfonamides is 1. The lowest BCUT2D eigenvalue weighted by atomic mass is 10.1. The number of likely N-dealkylation sites (N-methyl/N-ethyl adjacent to an activating group) is 1. The molecule has 0 radical (unpaired) electrons. The average molecular weight is 427 g/mol. The van der Waals surface area contributed by atoms with E-state index in [9.17, 15) is 26.4 Å². The van der Waals surface area contributed by atoms with Gasteiger partial charge in [0, 0.05) is 33.2 Å². The summed E-state index contributed by atoms with van der Waals surface area (Å²) >= 11 is 0. The number of amides is 1. The van der Waals surface area contributed by atoms with Crippen LogP contribution in [0.5, 0.6) is 0 Å². The topological polar surface area (TPSA) is 93.5 Å². The second-order valence-corrected chi connectivity index (χ2v) is 7.75. The molecule has 1 aromatic carbocycles. The van der Waals surface area contributed by atoms with Gasteiger partial charge < -0.3 is 10.2 Å². The first-order valence-electron chi connectivity index (χ1n) is 7.63. The minimum absolute atomic E-state index is 0. The van der Waals surface area contributed by atoms with Crippen LogP contribution in [-0.4, -0.2) is 63.3 Å². The van der Waals surface area contributed by atoms with Crippen molar-refractivity contribution in [3.8, 4) is 6.07 Å². The van der Waals surface area contributed by atoms with Gasteiger partial charge in [-0.15, -0.1) is 12.4 Å². The highest BCUT2D eigenvalue weighted by atomic mass is 35.5. The minimum atomic E-state index is -4.77. The Morgan fingerprint density at radius 2 is 1.93 bits per heavy atom. The van der Waals surface area contributed by atoms with Gasteiger partial charge in [0.2, 0.25) is 15.9 Å². The molecule has 0 unspecified atom stereocenters. The number of alkyl halides is 3. The number of nitriles is 1. The van der Waals surface area contributed by atoms with Crippen LogP contribution in [0.3, 0.4) is 0 Å². The number of halogens is 4. The van der Waals surface area contributed by atoms with Gasteiger partial charge in [-0.1, -0.05) is 0 Å². The maximum absolute atomic E-state index is 12.8. The number of nitrogens with zero attached hydrogens (tertiary/aromatic N) is 3. The van der Waals surface area contributed by atoms with Crippen LogP contribution in [0.15, 0.2) is 23.1 Å². The third-order valence-corrected chi connectivity index (χ3v) is 5.75. The minimum Gasteiger partial charge on any atom is -0.339 e. The smallest absolute Gasteiger partial charge is 0.339 e. The third-order valence-electron chi connectivity index (χ3n) is 3.95. The predicted molar refractivity (Wildman–Crippen MR) is 92.7 cm³/mol. The molecule has 1 amide bonds. The molecule has 1 aliphatic heterocycles. The zero-order valence-electron chi connectivity index (χ0n) is 14.3. The van der Waals surface area contributed by atoms with E-state index >= 15 is 0 Å². The van der Waals surface area contributed by atoms with Crippen molar-refractivity contribution < 1.29 is 26.4 Å². The monoisotopic (exact) mass is 426 g/mol. The normalized spacial score (nSPS) is 15.2. The lowest BCUT2D eigenvalue weighted by Gasteiger charge is -2.29. The van der Waals surface area contributed by atoms with Crippen molar-refractivity contribution >= 4 is 28.3 Å². The zero-order chi connectivity index (χ0) is 19.5. The summed E-state index contributed by atoms with van der Waals surface area (Å²) < 4.78 is 64.3. The maximum Gasteiger partial charge on any atom is 0.417 e. The van der Waals surface area contributed by atoms with E-state index < -0.39 is 44.7 Å². The van der Waals surface area contributed by atoms with Gasteiger partial charge in [0.05, 0.1) is 28.6 Å². The predicted octanol–water partition coefficient (Wildman–Crippen LogP) is 1.05. The third kappa shape index (κ3) is 5.32. The first-order chi connectivity index (χ1) is 12.1. The van der Waals surface area contributed by atoms with Crippen LogP contribution in [0.4, 0.5) is 13.2 Å². The highest BCUT2D eigenvalue weighted by molar-refractivity contribution is 7.89. The van der Waals surface area contributed by atoms with Gasteiger partial charge in [-0.25, -0.2) is 8.42 Å². The number of rotatable bonds is 4. The highest BCUT2D eigenvalue weighted by Crippen LogP contribution is 2.33. The van der Waals surface area contributed by atoms with Crippen LogP contribution >= 0.6 is 12.4 Å². The summed E-state index contributed by atoms with van der Waals surface area (Å²) in [5.74, 6) is -0.398. The average Bonchev–Trinajstić information content (AvgIpc) is 2.60. The fourth-order valence-electron chi connectivity index (χ4n) is 2.49. The van der Waals surface area contributed by atoms with Crippen molar-refractivity contribution in [3.05, 3.63) is 29.3 Å². The molecule has 1 aromatic rings. The largest absolute Gasteiger partial charge is 0.417 e. The Balaban J connectivity index is 0.00000364. The van der Waals surface area contributed by atoms with Gasteiger partial charge in [0.25, 0.3) is 0 Å². The van der Waals surface area contributed by atoms with Crippen molar-refractivity contribution in [2.75, 3.05) is 39.8 Å². The molecule has 0 spiro atoms. The molecule has 27 heavy (non-hydrogen) atoms. The summed E-state index contributed by atoms with van der Waals surface area (Å²) in [6.07, 6.45) is -4.77. The fourth-order valence-corrected chi connectivity index (χ4v) is 3.64.